The number of aliphatic carboxylic acids is 2. The lowest BCUT2D eigenvalue weighted by Crippen LogP contribution is -2.57. The number of rotatable bonds is 19. The van der Waals surface area contributed by atoms with Crippen LogP contribution in [0.3, 0.4) is 0 Å². The van der Waals surface area contributed by atoms with E-state index < -0.39 is 66.2 Å². The van der Waals surface area contributed by atoms with Crippen LogP contribution in [0.25, 0.3) is 0 Å². The SMILES string of the molecule is CC(C)CC(N)C(=O)NC(CCC(=O)O)C(=O)NC(CCCCN)C(=O)NC(CCC(N)=O)C(=O)O. The highest BCUT2D eigenvalue weighted by molar-refractivity contribution is 5.94. The van der Waals surface area contributed by atoms with Crippen LogP contribution in [0.5, 0.6) is 0 Å². The van der Waals surface area contributed by atoms with Crippen LogP contribution >= 0.6 is 0 Å². The second-order valence-corrected chi connectivity index (χ2v) is 8.98. The fourth-order valence-electron chi connectivity index (χ4n) is 3.28. The maximum Gasteiger partial charge on any atom is 0.326 e. The molecule has 36 heavy (non-hydrogen) atoms. The topological polar surface area (TPSA) is 257 Å². The van der Waals surface area contributed by atoms with E-state index in [1.165, 1.54) is 0 Å². The van der Waals surface area contributed by atoms with Crippen molar-refractivity contribution in [3.8, 4) is 0 Å². The van der Waals surface area contributed by atoms with Crippen LogP contribution in [0.1, 0.15) is 65.2 Å². The second kappa shape index (κ2) is 17.2. The van der Waals surface area contributed by atoms with Crippen molar-refractivity contribution in [2.45, 2.75) is 89.4 Å². The standard InChI is InChI=1S/C22H40N6O8/c1-12(2)11-13(24)19(32)26-15(7-9-18(30)31)21(34)27-14(5-3-4-10-23)20(33)28-16(22(35)36)6-8-17(25)29/h12-16H,3-11,23-24H2,1-2H3,(H2,25,29)(H,26,32)(H,27,34)(H,28,33)(H,30,31)(H,35,36). The Bertz CT molecular complexity index is 776. The molecule has 206 valence electrons. The van der Waals surface area contributed by atoms with Gasteiger partial charge in [0.15, 0.2) is 0 Å². The van der Waals surface area contributed by atoms with Gasteiger partial charge in [0.05, 0.1) is 6.04 Å². The molecule has 0 radical (unpaired) electrons. The molecule has 0 bridgehead atoms. The van der Waals surface area contributed by atoms with Crippen LogP contribution in [0.2, 0.25) is 0 Å². The number of carboxylic acids is 2. The molecule has 0 aromatic rings. The van der Waals surface area contributed by atoms with Crippen molar-refractivity contribution in [1.29, 1.82) is 0 Å². The fraction of sp³-hybridized carbons (Fsp3) is 0.727. The summed E-state index contributed by atoms with van der Waals surface area (Å²) in [5.41, 5.74) is 16.4. The third-order valence-corrected chi connectivity index (χ3v) is 5.22. The predicted molar refractivity (Wildman–Crippen MR) is 129 cm³/mol. The lowest BCUT2D eigenvalue weighted by molar-refractivity contribution is -0.142. The van der Waals surface area contributed by atoms with Crippen molar-refractivity contribution < 1.29 is 39.0 Å². The number of carbonyl (C=O) groups excluding carboxylic acids is 4. The van der Waals surface area contributed by atoms with Gasteiger partial charge in [0.25, 0.3) is 0 Å². The summed E-state index contributed by atoms with van der Waals surface area (Å²) in [6, 6.07) is -4.83. The van der Waals surface area contributed by atoms with Gasteiger partial charge in [0.2, 0.25) is 23.6 Å². The number of amides is 4. The Labute approximate surface area is 210 Å². The van der Waals surface area contributed by atoms with Crippen molar-refractivity contribution in [3.05, 3.63) is 0 Å². The van der Waals surface area contributed by atoms with Crippen molar-refractivity contribution in [1.82, 2.24) is 16.0 Å². The minimum atomic E-state index is -1.42. The first-order chi connectivity index (χ1) is 16.8. The molecule has 0 saturated heterocycles. The molecule has 4 unspecified atom stereocenters. The van der Waals surface area contributed by atoms with Crippen molar-refractivity contribution in [2.75, 3.05) is 6.54 Å². The molecule has 0 saturated carbocycles. The molecule has 14 nitrogen and oxygen atoms in total. The van der Waals surface area contributed by atoms with E-state index in [9.17, 15) is 33.9 Å². The third kappa shape index (κ3) is 14.2. The summed E-state index contributed by atoms with van der Waals surface area (Å²) in [6.07, 6.45) is 0.165. The number of nitrogens with one attached hydrogen (secondary N) is 3. The molecule has 0 spiro atoms. The normalized spacial score (nSPS) is 14.2. The van der Waals surface area contributed by atoms with Crippen LogP contribution in [0.4, 0.5) is 0 Å². The van der Waals surface area contributed by atoms with E-state index in [1.54, 1.807) is 0 Å². The van der Waals surface area contributed by atoms with Crippen LogP contribution in [0, 0.1) is 5.92 Å². The molecule has 14 heteroatoms. The number of primary amides is 1. The summed E-state index contributed by atoms with van der Waals surface area (Å²) in [5, 5.41) is 25.6. The summed E-state index contributed by atoms with van der Waals surface area (Å²) in [6.45, 7) is 4.05. The van der Waals surface area contributed by atoms with Crippen LogP contribution < -0.4 is 33.2 Å². The van der Waals surface area contributed by atoms with Crippen LogP contribution in [-0.4, -0.2) is 76.5 Å². The van der Waals surface area contributed by atoms with Gasteiger partial charge in [0.1, 0.15) is 18.1 Å². The first-order valence-corrected chi connectivity index (χ1v) is 11.9. The zero-order chi connectivity index (χ0) is 27.8. The lowest BCUT2D eigenvalue weighted by Gasteiger charge is -2.25. The Balaban J connectivity index is 5.59. The first-order valence-electron chi connectivity index (χ1n) is 11.9. The minimum absolute atomic E-state index is 0.101. The van der Waals surface area contributed by atoms with Gasteiger partial charge in [-0.05, 0) is 51.0 Å². The molecule has 4 atom stereocenters. The molecule has 4 amide bonds. The van der Waals surface area contributed by atoms with E-state index in [2.05, 4.69) is 16.0 Å². The molecule has 0 aromatic heterocycles. The number of nitrogens with two attached hydrogens (primary N) is 3. The Morgan fingerprint density at radius 2 is 1.25 bits per heavy atom. The number of hydrogen-bond donors (Lipinski definition) is 8. The second-order valence-electron chi connectivity index (χ2n) is 8.98. The van der Waals surface area contributed by atoms with Gasteiger partial charge in [-0.3, -0.25) is 24.0 Å². The summed E-state index contributed by atoms with van der Waals surface area (Å²) in [5.74, 6) is -5.50. The Morgan fingerprint density at radius 3 is 1.72 bits per heavy atom. The maximum absolute atomic E-state index is 13.0. The monoisotopic (exact) mass is 516 g/mol. The maximum atomic E-state index is 13.0. The van der Waals surface area contributed by atoms with Crippen molar-refractivity contribution >= 4 is 35.6 Å². The number of carboxylic acid groups (broad SMARTS) is 2. The van der Waals surface area contributed by atoms with Gasteiger partial charge < -0.3 is 43.4 Å². The van der Waals surface area contributed by atoms with Crippen LogP contribution in [-0.2, 0) is 28.8 Å². The summed E-state index contributed by atoms with van der Waals surface area (Å²) < 4.78 is 0. The van der Waals surface area contributed by atoms with Gasteiger partial charge in [-0.1, -0.05) is 13.8 Å². The summed E-state index contributed by atoms with van der Waals surface area (Å²) in [4.78, 5) is 71.8. The molecule has 0 fully saturated rings. The first kappa shape index (κ1) is 32.7. The quantitative estimate of drug-likeness (QED) is 0.0889. The highest BCUT2D eigenvalue weighted by atomic mass is 16.4. The summed E-state index contributed by atoms with van der Waals surface area (Å²) >= 11 is 0. The van der Waals surface area contributed by atoms with Crippen molar-refractivity contribution in [2.24, 2.45) is 23.1 Å². The highest BCUT2D eigenvalue weighted by Crippen LogP contribution is 2.08. The van der Waals surface area contributed by atoms with Crippen molar-refractivity contribution in [3.63, 3.8) is 0 Å². The van der Waals surface area contributed by atoms with E-state index >= 15 is 0 Å². The number of unbranched alkanes of at least 4 members (excludes halogenated alkanes) is 1. The minimum Gasteiger partial charge on any atom is -0.481 e. The van der Waals surface area contributed by atoms with Gasteiger partial charge >= 0.3 is 11.9 Å². The molecule has 0 rings (SSSR count). The zero-order valence-corrected chi connectivity index (χ0v) is 20.8. The molecular formula is C22H40N6O8. The van der Waals surface area contributed by atoms with Gasteiger partial charge in [-0.15, -0.1) is 0 Å². The van der Waals surface area contributed by atoms with Gasteiger partial charge in [0, 0.05) is 12.8 Å². The summed E-state index contributed by atoms with van der Waals surface area (Å²) in [7, 11) is 0. The van der Waals surface area contributed by atoms with Gasteiger partial charge in [-0.2, -0.15) is 0 Å². The average Bonchev–Trinajstić information content (AvgIpc) is 2.77. The Kier molecular flexibility index (Phi) is 15.7. The van der Waals surface area contributed by atoms with E-state index in [0.717, 1.165) is 0 Å². The van der Waals surface area contributed by atoms with E-state index in [1.807, 2.05) is 13.8 Å². The highest BCUT2D eigenvalue weighted by Gasteiger charge is 2.30. The molecule has 0 aliphatic heterocycles. The molecule has 0 aliphatic rings. The molecule has 0 heterocycles. The third-order valence-electron chi connectivity index (χ3n) is 5.22. The van der Waals surface area contributed by atoms with E-state index in [-0.39, 0.29) is 31.6 Å². The molecule has 0 aromatic carbocycles. The number of hydrogen-bond acceptors (Lipinski definition) is 8. The Morgan fingerprint density at radius 1 is 0.750 bits per heavy atom. The fourth-order valence-corrected chi connectivity index (χ4v) is 3.28. The lowest BCUT2D eigenvalue weighted by atomic mass is 10.0. The predicted octanol–water partition coefficient (Wildman–Crippen LogP) is -1.84. The number of carbonyl (C=O) groups is 6. The van der Waals surface area contributed by atoms with Crippen LogP contribution in [0.15, 0.2) is 0 Å². The largest absolute Gasteiger partial charge is 0.481 e. The van der Waals surface area contributed by atoms with E-state index in [4.69, 9.17) is 22.3 Å². The van der Waals surface area contributed by atoms with E-state index in [0.29, 0.717) is 25.8 Å². The smallest absolute Gasteiger partial charge is 0.326 e. The van der Waals surface area contributed by atoms with Gasteiger partial charge in [-0.25, -0.2) is 4.79 Å². The average molecular weight is 517 g/mol. The molecular weight excluding hydrogens is 476 g/mol. The molecule has 0 aliphatic carbocycles. The zero-order valence-electron chi connectivity index (χ0n) is 20.8. The molecule has 11 N–H and O–H groups in total. The Hall–Kier alpha value is -3.26.